The summed E-state index contributed by atoms with van der Waals surface area (Å²) >= 11 is 7.18. The summed E-state index contributed by atoms with van der Waals surface area (Å²) in [5.41, 5.74) is 8.32. The van der Waals surface area contributed by atoms with Crippen LogP contribution in [-0.4, -0.2) is 21.5 Å². The maximum absolute atomic E-state index is 14.1. The van der Waals surface area contributed by atoms with Gasteiger partial charge < -0.3 is 9.97 Å². The highest BCUT2D eigenvalue weighted by molar-refractivity contribution is 9.12. The van der Waals surface area contributed by atoms with E-state index in [1.807, 2.05) is 76.2 Å². The third kappa shape index (κ3) is 4.61. The third-order valence-corrected chi connectivity index (χ3v) is 8.30. The second kappa shape index (κ2) is 10.5. The monoisotopic (exact) mass is 630 g/mol. The first-order chi connectivity index (χ1) is 18.2. The fourth-order valence-corrected chi connectivity index (χ4v) is 6.13. The number of carbonyl (C=O) groups is 2. The first-order valence-electron chi connectivity index (χ1n) is 12.5. The standard InChI is InChI=1S/C32H28Br2N2O2/c1-17(2)13-15-23-25(19-9-5-7-11-21(19)35-23)27-29(33)32(38)28(30(34)31(27)37)26-20-10-6-8-12-22(20)36-24(26)16-14-18(3)4/h5-14,35-36H,15-16H2,1-4H3. The van der Waals surface area contributed by atoms with Crippen molar-refractivity contribution in [2.75, 3.05) is 0 Å². The van der Waals surface area contributed by atoms with Crippen molar-refractivity contribution in [2.45, 2.75) is 40.5 Å². The van der Waals surface area contributed by atoms with E-state index in [4.69, 9.17) is 0 Å². The topological polar surface area (TPSA) is 65.7 Å². The molecule has 0 spiro atoms. The molecule has 4 nitrogen and oxygen atoms in total. The highest BCUT2D eigenvalue weighted by atomic mass is 79.9. The normalized spacial score (nSPS) is 14.2. The fraction of sp³-hybridized carbons (Fsp3) is 0.188. The van der Waals surface area contributed by atoms with Crippen molar-refractivity contribution >= 4 is 76.4 Å². The molecule has 2 heterocycles. The van der Waals surface area contributed by atoms with Gasteiger partial charge in [0.15, 0.2) is 0 Å². The van der Waals surface area contributed by atoms with E-state index in [1.54, 1.807) is 0 Å². The van der Waals surface area contributed by atoms with E-state index in [1.165, 1.54) is 11.1 Å². The SMILES string of the molecule is CC(C)=CCc1[nH]c2ccccc2c1C1=C(Br)C(=O)C(c2c(CC=C(C)C)[nH]c3ccccc23)=C(Br)C1=O. The van der Waals surface area contributed by atoms with Gasteiger partial charge in [-0.25, -0.2) is 0 Å². The molecule has 192 valence electrons. The molecule has 0 saturated carbocycles. The highest BCUT2D eigenvalue weighted by Crippen LogP contribution is 2.45. The van der Waals surface area contributed by atoms with Gasteiger partial charge in [-0.15, -0.1) is 0 Å². The Kier molecular flexibility index (Phi) is 7.30. The van der Waals surface area contributed by atoms with E-state index in [9.17, 15) is 9.59 Å². The Morgan fingerprint density at radius 2 is 1.03 bits per heavy atom. The summed E-state index contributed by atoms with van der Waals surface area (Å²) in [4.78, 5) is 35.2. The van der Waals surface area contributed by atoms with Crippen LogP contribution >= 0.6 is 31.9 Å². The van der Waals surface area contributed by atoms with Crippen LogP contribution in [0.15, 0.2) is 80.8 Å². The van der Waals surface area contributed by atoms with Gasteiger partial charge in [0.05, 0.1) is 20.1 Å². The van der Waals surface area contributed by atoms with Crippen LogP contribution < -0.4 is 0 Å². The molecule has 0 radical (unpaired) electrons. The number of fused-ring (bicyclic) bond motifs is 2. The molecule has 0 saturated heterocycles. The van der Waals surface area contributed by atoms with E-state index in [-0.39, 0.29) is 20.5 Å². The van der Waals surface area contributed by atoms with Crippen LogP contribution in [0.2, 0.25) is 0 Å². The molecule has 0 amide bonds. The number of ketones is 2. The molecule has 38 heavy (non-hydrogen) atoms. The molecular weight excluding hydrogens is 604 g/mol. The minimum absolute atomic E-state index is 0.215. The molecule has 0 aliphatic heterocycles. The van der Waals surface area contributed by atoms with Crippen LogP contribution in [0.3, 0.4) is 0 Å². The number of nitrogens with one attached hydrogen (secondary N) is 2. The largest absolute Gasteiger partial charge is 0.358 e. The van der Waals surface area contributed by atoms with Crippen LogP contribution in [0, 0.1) is 0 Å². The van der Waals surface area contributed by atoms with Crippen molar-refractivity contribution in [3.8, 4) is 0 Å². The lowest BCUT2D eigenvalue weighted by Gasteiger charge is -2.20. The Bertz CT molecular complexity index is 1620. The van der Waals surface area contributed by atoms with Crippen LogP contribution in [-0.2, 0) is 22.4 Å². The minimum atomic E-state index is -0.215. The summed E-state index contributed by atoms with van der Waals surface area (Å²) in [6.07, 6.45) is 5.49. The summed E-state index contributed by atoms with van der Waals surface area (Å²) in [7, 11) is 0. The molecule has 4 aromatic rings. The number of allylic oxidation sites excluding steroid dienone is 8. The van der Waals surface area contributed by atoms with Gasteiger partial charge in [0.2, 0.25) is 11.6 Å². The number of aromatic amines is 2. The second-order valence-corrected chi connectivity index (χ2v) is 11.6. The lowest BCUT2D eigenvalue weighted by molar-refractivity contribution is -0.113. The van der Waals surface area contributed by atoms with Crippen LogP contribution in [0.25, 0.3) is 33.0 Å². The second-order valence-electron chi connectivity index (χ2n) is 10.1. The molecule has 1 aliphatic carbocycles. The number of aromatic nitrogens is 2. The number of Topliss-reactive ketones (excluding diaryl/α,β-unsaturated/α-hetero) is 2. The molecule has 0 atom stereocenters. The Balaban J connectivity index is 1.72. The van der Waals surface area contributed by atoms with Crippen LogP contribution in [0.5, 0.6) is 0 Å². The highest BCUT2D eigenvalue weighted by Gasteiger charge is 2.37. The summed E-state index contributed by atoms with van der Waals surface area (Å²) < 4.78 is 0.560. The van der Waals surface area contributed by atoms with E-state index in [2.05, 4.69) is 54.0 Å². The first-order valence-corrected chi connectivity index (χ1v) is 14.1. The van der Waals surface area contributed by atoms with Crippen LogP contribution in [0.1, 0.15) is 50.2 Å². The smallest absolute Gasteiger partial charge is 0.202 e. The number of halogens is 2. The summed E-state index contributed by atoms with van der Waals surface area (Å²) in [6, 6.07) is 15.8. The van der Waals surface area contributed by atoms with E-state index in [0.717, 1.165) is 44.3 Å². The van der Waals surface area contributed by atoms with Gasteiger partial charge in [0, 0.05) is 57.2 Å². The predicted octanol–water partition coefficient (Wildman–Crippen LogP) is 8.73. The Hall–Kier alpha value is -3.22. The van der Waals surface area contributed by atoms with Crippen molar-refractivity contribution in [3.63, 3.8) is 0 Å². The number of H-pyrrole nitrogens is 2. The number of para-hydroxylation sites is 2. The molecule has 2 aromatic carbocycles. The summed E-state index contributed by atoms with van der Waals surface area (Å²) in [6.45, 7) is 8.19. The van der Waals surface area contributed by atoms with Crippen molar-refractivity contribution in [1.29, 1.82) is 0 Å². The van der Waals surface area contributed by atoms with E-state index < -0.39 is 0 Å². The number of hydrogen-bond acceptors (Lipinski definition) is 2. The lowest BCUT2D eigenvalue weighted by Crippen LogP contribution is -2.19. The Morgan fingerprint density at radius 3 is 1.39 bits per heavy atom. The Labute approximate surface area is 238 Å². The molecular formula is C32H28Br2N2O2. The molecule has 2 aromatic heterocycles. The minimum Gasteiger partial charge on any atom is -0.358 e. The summed E-state index contributed by atoms with van der Waals surface area (Å²) in [5, 5.41) is 1.83. The average molecular weight is 632 g/mol. The van der Waals surface area contributed by atoms with Gasteiger partial charge in [0.1, 0.15) is 0 Å². The van der Waals surface area contributed by atoms with Gasteiger partial charge in [-0.3, -0.25) is 9.59 Å². The van der Waals surface area contributed by atoms with Gasteiger partial charge in [0.25, 0.3) is 0 Å². The zero-order chi connectivity index (χ0) is 27.1. The number of carbonyl (C=O) groups excluding carboxylic acids is 2. The number of hydrogen-bond donors (Lipinski definition) is 2. The molecule has 6 heteroatoms. The van der Waals surface area contributed by atoms with Crippen LogP contribution in [0.4, 0.5) is 0 Å². The van der Waals surface area contributed by atoms with Crippen molar-refractivity contribution in [1.82, 2.24) is 9.97 Å². The first kappa shape index (κ1) is 26.4. The lowest BCUT2D eigenvalue weighted by atomic mass is 9.86. The molecule has 2 N–H and O–H groups in total. The zero-order valence-corrected chi connectivity index (χ0v) is 24.9. The third-order valence-electron chi connectivity index (χ3n) is 6.79. The van der Waals surface area contributed by atoms with Gasteiger partial charge in [-0.05, 0) is 71.7 Å². The Morgan fingerprint density at radius 1 is 0.658 bits per heavy atom. The average Bonchev–Trinajstić information content (AvgIpc) is 3.44. The molecule has 5 rings (SSSR count). The summed E-state index contributed by atoms with van der Waals surface area (Å²) in [5.74, 6) is -0.429. The number of benzene rings is 2. The van der Waals surface area contributed by atoms with Gasteiger partial charge >= 0.3 is 0 Å². The quantitative estimate of drug-likeness (QED) is 0.165. The molecule has 0 unspecified atom stereocenters. The maximum atomic E-state index is 14.1. The molecule has 0 bridgehead atoms. The van der Waals surface area contributed by atoms with Crippen molar-refractivity contribution < 1.29 is 9.59 Å². The van der Waals surface area contributed by atoms with Crippen molar-refractivity contribution in [3.05, 3.63) is 103 Å². The van der Waals surface area contributed by atoms with Gasteiger partial charge in [-0.2, -0.15) is 0 Å². The predicted molar refractivity (Wildman–Crippen MR) is 165 cm³/mol. The number of rotatable bonds is 6. The molecule has 0 fully saturated rings. The van der Waals surface area contributed by atoms with E-state index in [0.29, 0.717) is 24.0 Å². The fourth-order valence-electron chi connectivity index (χ4n) is 4.98. The van der Waals surface area contributed by atoms with E-state index >= 15 is 0 Å². The van der Waals surface area contributed by atoms with Crippen molar-refractivity contribution in [2.24, 2.45) is 0 Å². The maximum Gasteiger partial charge on any atom is 0.202 e. The zero-order valence-electron chi connectivity index (χ0n) is 21.8. The molecule has 1 aliphatic rings. The van der Waals surface area contributed by atoms with Gasteiger partial charge in [-0.1, -0.05) is 59.7 Å².